The zero-order valence-corrected chi connectivity index (χ0v) is 18.2. The van der Waals surface area contributed by atoms with E-state index in [0.29, 0.717) is 30.7 Å². The molecule has 0 bridgehead atoms. The smallest absolute Gasteiger partial charge is 0.254 e. The quantitative estimate of drug-likeness (QED) is 0.647. The van der Waals surface area contributed by atoms with Gasteiger partial charge in [0.15, 0.2) is 0 Å². The van der Waals surface area contributed by atoms with E-state index in [1.807, 2.05) is 13.8 Å². The molecule has 2 fully saturated rings. The van der Waals surface area contributed by atoms with Crippen molar-refractivity contribution in [3.8, 4) is 0 Å². The first-order chi connectivity index (χ1) is 13.4. The Kier molecular flexibility index (Phi) is 6.81. The van der Waals surface area contributed by atoms with E-state index in [9.17, 15) is 13.2 Å². The number of amides is 1. The number of carbonyl (C=O) groups excluding carboxylic acids is 1. The van der Waals surface area contributed by atoms with Gasteiger partial charge in [-0.1, -0.05) is 27.2 Å². The third-order valence-electron chi connectivity index (χ3n) is 6.41. The summed E-state index contributed by atoms with van der Waals surface area (Å²) in [6.45, 7) is 6.80. The van der Waals surface area contributed by atoms with Gasteiger partial charge in [0.1, 0.15) is 0 Å². The zero-order chi connectivity index (χ0) is 20.3. The molecule has 1 aromatic carbocycles. The van der Waals surface area contributed by atoms with Gasteiger partial charge in [0.25, 0.3) is 5.91 Å². The summed E-state index contributed by atoms with van der Waals surface area (Å²) in [6, 6.07) is 7.24. The minimum atomic E-state index is -3.49. The van der Waals surface area contributed by atoms with E-state index in [2.05, 4.69) is 11.8 Å². The lowest BCUT2D eigenvalue weighted by Gasteiger charge is -2.37. The third kappa shape index (κ3) is 4.43. The van der Waals surface area contributed by atoms with Crippen molar-refractivity contribution in [1.29, 1.82) is 0 Å². The summed E-state index contributed by atoms with van der Waals surface area (Å²) in [5.41, 5.74) is 0.600. The fraction of sp³-hybridized carbons (Fsp3) is 0.682. The normalized spacial score (nSPS) is 23.0. The summed E-state index contributed by atoms with van der Waals surface area (Å²) >= 11 is 0. The number of carbonyl (C=O) groups is 1. The summed E-state index contributed by atoms with van der Waals surface area (Å²) < 4.78 is 26.8. The van der Waals surface area contributed by atoms with Gasteiger partial charge < -0.3 is 4.90 Å². The molecule has 2 aliphatic rings. The van der Waals surface area contributed by atoms with E-state index in [-0.39, 0.29) is 10.8 Å². The second-order valence-corrected chi connectivity index (χ2v) is 10.1. The molecule has 156 valence electrons. The average Bonchev–Trinajstić information content (AvgIpc) is 3.54. The Hall–Kier alpha value is -1.40. The number of hydrogen-bond donors (Lipinski definition) is 0. The van der Waals surface area contributed by atoms with Gasteiger partial charge in [-0.05, 0) is 68.7 Å². The summed E-state index contributed by atoms with van der Waals surface area (Å²) in [4.78, 5) is 15.6. The maximum Gasteiger partial charge on any atom is 0.254 e. The Bertz CT molecular complexity index is 759. The van der Waals surface area contributed by atoms with Crippen molar-refractivity contribution in [3.05, 3.63) is 29.8 Å². The predicted molar refractivity (Wildman–Crippen MR) is 112 cm³/mol. The Balaban J connectivity index is 1.76. The molecule has 2 saturated carbocycles. The van der Waals surface area contributed by atoms with Crippen molar-refractivity contribution >= 4 is 15.9 Å². The first-order valence-corrected chi connectivity index (χ1v) is 12.3. The van der Waals surface area contributed by atoms with Crippen LogP contribution >= 0.6 is 0 Å². The number of rotatable bonds is 8. The van der Waals surface area contributed by atoms with E-state index >= 15 is 0 Å². The molecule has 0 N–H and O–H groups in total. The lowest BCUT2D eigenvalue weighted by Crippen LogP contribution is -2.43. The molecule has 0 unspecified atom stereocenters. The van der Waals surface area contributed by atoms with Crippen LogP contribution in [0, 0.1) is 5.92 Å². The van der Waals surface area contributed by atoms with Gasteiger partial charge in [-0.15, -0.1) is 0 Å². The summed E-state index contributed by atoms with van der Waals surface area (Å²) in [7, 11) is -3.49. The van der Waals surface area contributed by atoms with Gasteiger partial charge in [-0.3, -0.25) is 4.79 Å². The third-order valence-corrected chi connectivity index (χ3v) is 8.47. The van der Waals surface area contributed by atoms with E-state index in [1.165, 1.54) is 23.6 Å². The Morgan fingerprint density at radius 3 is 1.82 bits per heavy atom. The molecule has 3 rings (SSSR count). The highest BCUT2D eigenvalue weighted by Crippen LogP contribution is 2.37. The minimum absolute atomic E-state index is 0.0641. The van der Waals surface area contributed by atoms with E-state index < -0.39 is 10.0 Å². The lowest BCUT2D eigenvalue weighted by atomic mass is 9.83. The second kappa shape index (κ2) is 8.95. The standard InChI is InChI=1S/C22H34N2O3S/c1-4-17-7-11-19(12-8-17)24(20-13-14-20)22(25)18-9-15-21(16-10-18)28(26,27)23(5-2)6-3/h9-10,15-17,19-20H,4-8,11-14H2,1-3H3. The van der Waals surface area contributed by atoms with Crippen LogP contribution in [0.4, 0.5) is 0 Å². The first-order valence-electron chi connectivity index (χ1n) is 10.8. The van der Waals surface area contributed by atoms with Crippen molar-refractivity contribution in [1.82, 2.24) is 9.21 Å². The molecule has 6 heteroatoms. The van der Waals surface area contributed by atoms with E-state index in [1.54, 1.807) is 24.3 Å². The van der Waals surface area contributed by atoms with Crippen molar-refractivity contribution in [3.63, 3.8) is 0 Å². The predicted octanol–water partition coefficient (Wildman–Crippen LogP) is 4.29. The molecule has 0 spiro atoms. The molecule has 1 aromatic rings. The maximum atomic E-state index is 13.2. The van der Waals surface area contributed by atoms with Crippen LogP contribution in [-0.2, 0) is 10.0 Å². The molecule has 1 amide bonds. The summed E-state index contributed by atoms with van der Waals surface area (Å²) in [5, 5.41) is 0. The molecular formula is C22H34N2O3S. The SMILES string of the molecule is CCC1CCC(N(C(=O)c2ccc(S(=O)(=O)N(CC)CC)cc2)C2CC2)CC1. The number of hydrogen-bond acceptors (Lipinski definition) is 3. The average molecular weight is 407 g/mol. The molecular weight excluding hydrogens is 372 g/mol. The molecule has 0 atom stereocenters. The number of sulfonamides is 1. The van der Waals surface area contributed by atoms with Crippen molar-refractivity contribution in [2.24, 2.45) is 5.92 Å². The van der Waals surface area contributed by atoms with Crippen molar-refractivity contribution < 1.29 is 13.2 Å². The van der Waals surface area contributed by atoms with Gasteiger partial charge in [0.2, 0.25) is 10.0 Å². The van der Waals surface area contributed by atoms with Gasteiger partial charge in [-0.2, -0.15) is 4.31 Å². The maximum absolute atomic E-state index is 13.2. The zero-order valence-electron chi connectivity index (χ0n) is 17.4. The Morgan fingerprint density at radius 1 is 0.893 bits per heavy atom. The highest BCUT2D eigenvalue weighted by Gasteiger charge is 2.39. The largest absolute Gasteiger partial charge is 0.333 e. The van der Waals surface area contributed by atoms with E-state index in [0.717, 1.165) is 31.6 Å². The van der Waals surface area contributed by atoms with Crippen molar-refractivity contribution in [2.45, 2.75) is 82.7 Å². The Labute approximate surface area is 170 Å². The molecule has 28 heavy (non-hydrogen) atoms. The van der Waals surface area contributed by atoms with Gasteiger partial charge >= 0.3 is 0 Å². The van der Waals surface area contributed by atoms with Gasteiger partial charge in [0, 0.05) is 30.7 Å². The van der Waals surface area contributed by atoms with Crippen LogP contribution in [0.15, 0.2) is 29.2 Å². The molecule has 0 saturated heterocycles. The topological polar surface area (TPSA) is 57.7 Å². The number of nitrogens with zero attached hydrogens (tertiary/aromatic N) is 2. The van der Waals surface area contributed by atoms with Crippen LogP contribution in [0.2, 0.25) is 0 Å². The van der Waals surface area contributed by atoms with Gasteiger partial charge in [-0.25, -0.2) is 8.42 Å². The van der Waals surface area contributed by atoms with E-state index in [4.69, 9.17) is 0 Å². The monoisotopic (exact) mass is 406 g/mol. The van der Waals surface area contributed by atoms with Crippen molar-refractivity contribution in [2.75, 3.05) is 13.1 Å². The van der Waals surface area contributed by atoms with Gasteiger partial charge in [0.05, 0.1) is 4.90 Å². The molecule has 0 aliphatic heterocycles. The van der Waals surface area contributed by atoms with Crippen LogP contribution in [0.5, 0.6) is 0 Å². The lowest BCUT2D eigenvalue weighted by molar-refractivity contribution is 0.0587. The van der Waals surface area contributed by atoms with Crippen LogP contribution in [0.1, 0.15) is 76.1 Å². The molecule has 0 aromatic heterocycles. The van der Waals surface area contributed by atoms with Crippen LogP contribution in [0.25, 0.3) is 0 Å². The van der Waals surface area contributed by atoms with Crippen LogP contribution < -0.4 is 0 Å². The Morgan fingerprint density at radius 2 is 1.39 bits per heavy atom. The highest BCUT2D eigenvalue weighted by molar-refractivity contribution is 7.89. The molecule has 0 radical (unpaired) electrons. The van der Waals surface area contributed by atoms with Crippen LogP contribution in [0.3, 0.4) is 0 Å². The fourth-order valence-electron chi connectivity index (χ4n) is 4.44. The fourth-order valence-corrected chi connectivity index (χ4v) is 5.90. The highest BCUT2D eigenvalue weighted by atomic mass is 32.2. The molecule has 5 nitrogen and oxygen atoms in total. The second-order valence-electron chi connectivity index (χ2n) is 8.14. The minimum Gasteiger partial charge on any atom is -0.333 e. The molecule has 2 aliphatic carbocycles. The molecule has 0 heterocycles. The first kappa shape index (κ1) is 21.3. The number of benzene rings is 1. The summed E-state index contributed by atoms with van der Waals surface area (Å²) in [5.74, 6) is 0.867. The summed E-state index contributed by atoms with van der Waals surface area (Å²) in [6.07, 6.45) is 8.01. The van der Waals surface area contributed by atoms with Crippen LogP contribution in [-0.4, -0.2) is 48.7 Å².